The van der Waals surface area contributed by atoms with E-state index in [0.717, 1.165) is 6.42 Å². The van der Waals surface area contributed by atoms with E-state index in [4.69, 9.17) is 10.2 Å². The number of carboxylic acids is 2. The Morgan fingerprint density at radius 3 is 2.17 bits per heavy atom. The van der Waals surface area contributed by atoms with Gasteiger partial charge in [-0.05, 0) is 12.5 Å². The third-order valence-corrected chi connectivity index (χ3v) is 1.11. The molecule has 0 aromatic carbocycles. The SMILES string of the molecule is CCCC=C=C(C(=O)O)C(=O)O. The molecule has 2 N–H and O–H groups in total. The minimum Gasteiger partial charge on any atom is -0.477 e. The van der Waals surface area contributed by atoms with E-state index < -0.39 is 17.5 Å². The van der Waals surface area contributed by atoms with Crippen LogP contribution >= 0.6 is 0 Å². The molecule has 66 valence electrons. The zero-order valence-corrected chi connectivity index (χ0v) is 6.70. The minimum atomic E-state index is -1.46. The molecule has 0 saturated heterocycles. The fourth-order valence-corrected chi connectivity index (χ4v) is 0.534. The van der Waals surface area contributed by atoms with E-state index in [0.29, 0.717) is 6.42 Å². The normalized spacial score (nSPS) is 8.42. The van der Waals surface area contributed by atoms with Gasteiger partial charge in [-0.2, -0.15) is 0 Å². The number of hydrogen-bond donors (Lipinski definition) is 2. The molecule has 0 atom stereocenters. The molecular weight excluding hydrogens is 160 g/mol. The Morgan fingerprint density at radius 1 is 1.33 bits per heavy atom. The number of carboxylic acid groups (broad SMARTS) is 2. The van der Waals surface area contributed by atoms with Gasteiger partial charge in [0.25, 0.3) is 0 Å². The van der Waals surface area contributed by atoms with E-state index in [1.54, 1.807) is 0 Å². The molecule has 0 aromatic heterocycles. The second-order valence-electron chi connectivity index (χ2n) is 2.12. The van der Waals surface area contributed by atoms with Gasteiger partial charge in [0.2, 0.25) is 0 Å². The van der Waals surface area contributed by atoms with Crippen LogP contribution in [0, 0.1) is 0 Å². The van der Waals surface area contributed by atoms with Gasteiger partial charge in [-0.1, -0.05) is 13.3 Å². The van der Waals surface area contributed by atoms with Gasteiger partial charge in [-0.3, -0.25) is 0 Å². The average molecular weight is 170 g/mol. The molecule has 0 rings (SSSR count). The number of hydrogen-bond acceptors (Lipinski definition) is 2. The first-order chi connectivity index (χ1) is 5.59. The van der Waals surface area contributed by atoms with Crippen molar-refractivity contribution in [2.45, 2.75) is 19.8 Å². The van der Waals surface area contributed by atoms with Crippen LogP contribution in [0.4, 0.5) is 0 Å². The first-order valence-electron chi connectivity index (χ1n) is 3.51. The summed E-state index contributed by atoms with van der Waals surface area (Å²) < 4.78 is 0. The van der Waals surface area contributed by atoms with Crippen molar-refractivity contribution >= 4 is 11.9 Å². The van der Waals surface area contributed by atoms with E-state index >= 15 is 0 Å². The zero-order chi connectivity index (χ0) is 9.56. The van der Waals surface area contributed by atoms with E-state index in [9.17, 15) is 9.59 Å². The van der Waals surface area contributed by atoms with Crippen LogP contribution in [0.3, 0.4) is 0 Å². The molecule has 0 fully saturated rings. The highest BCUT2D eigenvalue weighted by Gasteiger charge is 2.14. The molecule has 0 aliphatic rings. The average Bonchev–Trinajstić information content (AvgIpc) is 1.96. The third kappa shape index (κ3) is 3.58. The Balaban J connectivity index is 4.61. The highest BCUT2D eigenvalue weighted by Crippen LogP contribution is 1.94. The molecule has 0 saturated carbocycles. The summed E-state index contributed by atoms with van der Waals surface area (Å²) >= 11 is 0. The second kappa shape index (κ2) is 5.16. The van der Waals surface area contributed by atoms with E-state index in [2.05, 4.69) is 5.73 Å². The van der Waals surface area contributed by atoms with Crippen LogP contribution < -0.4 is 0 Å². The number of rotatable bonds is 4. The van der Waals surface area contributed by atoms with Crippen LogP contribution in [-0.4, -0.2) is 22.2 Å². The molecule has 0 aliphatic carbocycles. The smallest absolute Gasteiger partial charge is 0.351 e. The van der Waals surface area contributed by atoms with Crippen LogP contribution in [0.15, 0.2) is 17.4 Å². The Hall–Kier alpha value is -1.54. The van der Waals surface area contributed by atoms with Gasteiger partial charge >= 0.3 is 11.9 Å². The maximum Gasteiger partial charge on any atom is 0.351 e. The predicted octanol–water partition coefficient (Wildman–Crippen LogP) is 1.04. The van der Waals surface area contributed by atoms with Gasteiger partial charge in [0, 0.05) is 0 Å². The van der Waals surface area contributed by atoms with Gasteiger partial charge in [0.1, 0.15) is 0 Å². The van der Waals surface area contributed by atoms with Crippen LogP contribution in [0.1, 0.15) is 19.8 Å². The molecule has 0 unspecified atom stereocenters. The van der Waals surface area contributed by atoms with Crippen molar-refractivity contribution in [1.82, 2.24) is 0 Å². The van der Waals surface area contributed by atoms with Gasteiger partial charge < -0.3 is 10.2 Å². The molecule has 0 spiro atoms. The summed E-state index contributed by atoms with van der Waals surface area (Å²) in [5.74, 6) is -2.93. The molecule has 0 heterocycles. The van der Waals surface area contributed by atoms with Crippen molar-refractivity contribution in [1.29, 1.82) is 0 Å². The highest BCUT2D eigenvalue weighted by molar-refractivity contribution is 6.12. The molecule has 0 bridgehead atoms. The van der Waals surface area contributed by atoms with E-state index in [1.807, 2.05) is 6.92 Å². The topological polar surface area (TPSA) is 74.6 Å². The summed E-state index contributed by atoms with van der Waals surface area (Å²) in [4.78, 5) is 20.5. The predicted molar refractivity (Wildman–Crippen MR) is 41.8 cm³/mol. The third-order valence-electron chi connectivity index (χ3n) is 1.11. The lowest BCUT2D eigenvalue weighted by Crippen LogP contribution is -2.09. The van der Waals surface area contributed by atoms with Crippen molar-refractivity contribution in [2.24, 2.45) is 0 Å². The fourth-order valence-electron chi connectivity index (χ4n) is 0.534. The van der Waals surface area contributed by atoms with Crippen molar-refractivity contribution in [3.8, 4) is 0 Å². The van der Waals surface area contributed by atoms with Crippen LogP contribution in [-0.2, 0) is 9.59 Å². The Bertz CT molecular complexity index is 230. The molecule has 0 aliphatic heterocycles. The first-order valence-corrected chi connectivity index (χ1v) is 3.51. The van der Waals surface area contributed by atoms with Crippen LogP contribution in [0.5, 0.6) is 0 Å². The quantitative estimate of drug-likeness (QED) is 0.286. The van der Waals surface area contributed by atoms with Crippen molar-refractivity contribution < 1.29 is 19.8 Å². The Labute approximate surface area is 69.8 Å². The number of unbranched alkanes of at least 4 members (excludes halogenated alkanes) is 1. The van der Waals surface area contributed by atoms with Gasteiger partial charge in [-0.15, -0.1) is 5.73 Å². The summed E-state index contributed by atoms with van der Waals surface area (Å²) in [6.07, 6.45) is 2.88. The second-order valence-corrected chi connectivity index (χ2v) is 2.12. The van der Waals surface area contributed by atoms with Crippen LogP contribution in [0.2, 0.25) is 0 Å². The summed E-state index contributed by atoms with van der Waals surface area (Å²) in [6, 6.07) is 0. The van der Waals surface area contributed by atoms with Crippen molar-refractivity contribution in [3.63, 3.8) is 0 Å². The molecular formula is C8H10O4. The van der Waals surface area contributed by atoms with E-state index in [1.165, 1.54) is 6.08 Å². The lowest BCUT2D eigenvalue weighted by molar-refractivity contribution is -0.140. The molecule has 4 heteroatoms. The largest absolute Gasteiger partial charge is 0.477 e. The summed E-state index contributed by atoms with van der Waals surface area (Å²) in [5.41, 5.74) is 1.49. The maximum absolute atomic E-state index is 10.2. The fraction of sp³-hybridized carbons (Fsp3) is 0.375. The van der Waals surface area contributed by atoms with Gasteiger partial charge in [0.05, 0.1) is 0 Å². The first kappa shape index (κ1) is 10.5. The van der Waals surface area contributed by atoms with Gasteiger partial charge in [-0.25, -0.2) is 9.59 Å². The molecule has 0 radical (unpaired) electrons. The standard InChI is InChI=1S/C8H10O4/c1-2-3-4-5-6(7(9)10)8(11)12/h4H,2-3H2,1H3,(H,9,10)(H,11,12). The molecule has 12 heavy (non-hydrogen) atoms. The van der Waals surface area contributed by atoms with Gasteiger partial charge in [0.15, 0.2) is 5.57 Å². The summed E-state index contributed by atoms with van der Waals surface area (Å²) in [7, 11) is 0. The lowest BCUT2D eigenvalue weighted by atomic mass is 10.2. The van der Waals surface area contributed by atoms with Crippen molar-refractivity contribution in [2.75, 3.05) is 0 Å². The van der Waals surface area contributed by atoms with Crippen molar-refractivity contribution in [3.05, 3.63) is 17.4 Å². The monoisotopic (exact) mass is 170 g/mol. The highest BCUT2D eigenvalue weighted by atomic mass is 16.4. The molecule has 0 amide bonds. The Morgan fingerprint density at radius 2 is 1.83 bits per heavy atom. The number of aliphatic carboxylic acids is 2. The summed E-state index contributed by atoms with van der Waals surface area (Å²) in [5, 5.41) is 16.7. The lowest BCUT2D eigenvalue weighted by Gasteiger charge is -1.88. The van der Waals surface area contributed by atoms with Crippen LogP contribution in [0.25, 0.3) is 0 Å². The minimum absolute atomic E-state index is 0.629. The summed E-state index contributed by atoms with van der Waals surface area (Å²) in [6.45, 7) is 1.90. The zero-order valence-electron chi connectivity index (χ0n) is 6.70. The molecule has 4 nitrogen and oxygen atoms in total. The Kier molecular flexibility index (Phi) is 4.49. The molecule has 0 aromatic rings. The maximum atomic E-state index is 10.2. The van der Waals surface area contributed by atoms with E-state index in [-0.39, 0.29) is 0 Å². The number of carbonyl (C=O) groups is 2.